The van der Waals surface area contributed by atoms with Crippen LogP contribution in [0, 0.1) is 0 Å². The Labute approximate surface area is 57.1 Å². The molecule has 0 heterocycles. The lowest BCUT2D eigenvalue weighted by Crippen LogP contribution is -1.86. The molecule has 48 valence electrons. The number of hydrogen-bond acceptors (Lipinski definition) is 2. The van der Waals surface area contributed by atoms with Crippen molar-refractivity contribution < 1.29 is 4.55 Å². The van der Waals surface area contributed by atoms with Crippen LogP contribution in [0.15, 0.2) is 11.5 Å². The summed E-state index contributed by atoms with van der Waals surface area (Å²) in [5.74, 6) is 0.914. The van der Waals surface area contributed by atoms with E-state index in [1.807, 2.05) is 13.8 Å². The normalized spacial score (nSPS) is 14.9. The van der Waals surface area contributed by atoms with Gasteiger partial charge in [0, 0.05) is 5.75 Å². The van der Waals surface area contributed by atoms with Crippen LogP contribution in [0.3, 0.4) is 0 Å². The monoisotopic (exact) mass is 150 g/mol. The van der Waals surface area contributed by atoms with Gasteiger partial charge in [0.25, 0.3) is 0 Å². The first-order valence-corrected chi connectivity index (χ1v) is 5.19. The topological polar surface area (TPSA) is 23.1 Å². The minimum atomic E-state index is -0.784. The molecule has 1 nitrogen and oxygen atoms in total. The maximum Gasteiger partial charge on any atom is 0.126 e. The van der Waals surface area contributed by atoms with Crippen molar-refractivity contribution in [3.8, 4) is 0 Å². The Morgan fingerprint density at radius 3 is 2.75 bits per heavy atom. The van der Waals surface area contributed by atoms with Crippen molar-refractivity contribution in [2.24, 2.45) is 0 Å². The maximum absolute atomic E-state index is 10.6. The highest BCUT2D eigenvalue weighted by Crippen LogP contribution is 2.12. The molecule has 3 heteroatoms. The quantitative estimate of drug-likeness (QED) is 0.453. The summed E-state index contributed by atoms with van der Waals surface area (Å²) in [6, 6.07) is 0. The van der Waals surface area contributed by atoms with Crippen LogP contribution in [0.2, 0.25) is 0 Å². The SMILES string of the molecule is C/C=C/[S+]([O-])SCC. The van der Waals surface area contributed by atoms with Gasteiger partial charge in [0.15, 0.2) is 0 Å². The minimum Gasteiger partial charge on any atom is -0.601 e. The number of hydrogen-bond donors (Lipinski definition) is 0. The van der Waals surface area contributed by atoms with Gasteiger partial charge in [-0.15, -0.1) is 0 Å². The summed E-state index contributed by atoms with van der Waals surface area (Å²) in [7, 11) is 0.657. The molecule has 0 amide bonds. The second-order valence-corrected chi connectivity index (χ2v) is 4.44. The Balaban J connectivity index is 3.17. The fourth-order valence-electron chi connectivity index (χ4n) is 0.267. The molecule has 0 aromatic carbocycles. The van der Waals surface area contributed by atoms with Crippen molar-refractivity contribution in [3.63, 3.8) is 0 Å². The largest absolute Gasteiger partial charge is 0.601 e. The predicted molar refractivity (Wildman–Crippen MR) is 41.1 cm³/mol. The van der Waals surface area contributed by atoms with Crippen molar-refractivity contribution >= 4 is 21.0 Å². The lowest BCUT2D eigenvalue weighted by atomic mass is 10.8. The Bertz CT molecular complexity index is 72.8. The van der Waals surface area contributed by atoms with Crippen molar-refractivity contribution in [3.05, 3.63) is 11.5 Å². The van der Waals surface area contributed by atoms with Crippen LogP contribution in [0.1, 0.15) is 13.8 Å². The number of allylic oxidation sites excluding steroid dienone is 1. The zero-order valence-corrected chi connectivity index (χ0v) is 6.72. The van der Waals surface area contributed by atoms with Crippen molar-refractivity contribution in [2.75, 3.05) is 5.75 Å². The maximum atomic E-state index is 10.6. The van der Waals surface area contributed by atoms with E-state index >= 15 is 0 Å². The van der Waals surface area contributed by atoms with Gasteiger partial charge < -0.3 is 4.55 Å². The van der Waals surface area contributed by atoms with Crippen LogP contribution in [0.4, 0.5) is 0 Å². The van der Waals surface area contributed by atoms with Gasteiger partial charge in [-0.2, -0.15) is 0 Å². The third-order valence-electron chi connectivity index (χ3n) is 0.481. The van der Waals surface area contributed by atoms with Gasteiger partial charge in [0.05, 0.1) is 21.0 Å². The molecule has 8 heavy (non-hydrogen) atoms. The molecule has 0 aliphatic rings. The van der Waals surface area contributed by atoms with E-state index in [0.717, 1.165) is 5.75 Å². The molecule has 0 aromatic heterocycles. The van der Waals surface area contributed by atoms with Gasteiger partial charge in [-0.05, 0) is 13.0 Å². The molecule has 0 bridgehead atoms. The van der Waals surface area contributed by atoms with Gasteiger partial charge in [-0.3, -0.25) is 0 Å². The average Bonchev–Trinajstić information content (AvgIpc) is 1.68. The second-order valence-electron chi connectivity index (χ2n) is 1.14. The molecule has 0 saturated heterocycles. The molecule has 0 spiro atoms. The summed E-state index contributed by atoms with van der Waals surface area (Å²) in [6.45, 7) is 3.86. The Kier molecular flexibility index (Phi) is 5.81. The predicted octanol–water partition coefficient (Wildman–Crippen LogP) is 1.94. The van der Waals surface area contributed by atoms with E-state index in [2.05, 4.69) is 0 Å². The first-order valence-electron chi connectivity index (χ1n) is 2.48. The van der Waals surface area contributed by atoms with E-state index in [9.17, 15) is 4.55 Å². The third kappa shape index (κ3) is 4.56. The van der Waals surface area contributed by atoms with Crippen LogP contribution in [0.5, 0.6) is 0 Å². The van der Waals surface area contributed by atoms with Crippen molar-refractivity contribution in [1.29, 1.82) is 0 Å². The molecule has 0 saturated carbocycles. The van der Waals surface area contributed by atoms with Gasteiger partial charge >= 0.3 is 0 Å². The van der Waals surface area contributed by atoms with Crippen LogP contribution in [-0.2, 0) is 10.2 Å². The Morgan fingerprint density at radius 2 is 2.38 bits per heavy atom. The van der Waals surface area contributed by atoms with Crippen molar-refractivity contribution in [1.82, 2.24) is 0 Å². The molecule has 0 radical (unpaired) electrons. The van der Waals surface area contributed by atoms with E-state index in [1.165, 1.54) is 10.8 Å². The molecule has 0 N–H and O–H groups in total. The lowest BCUT2D eigenvalue weighted by Gasteiger charge is -1.97. The summed E-state index contributed by atoms with van der Waals surface area (Å²) in [5, 5.41) is 1.69. The molecule has 0 aromatic rings. The van der Waals surface area contributed by atoms with Gasteiger partial charge in [-0.25, -0.2) is 0 Å². The van der Waals surface area contributed by atoms with Crippen LogP contribution >= 0.6 is 10.8 Å². The second kappa shape index (κ2) is 5.54. The fraction of sp³-hybridized carbons (Fsp3) is 0.600. The summed E-state index contributed by atoms with van der Waals surface area (Å²) >= 11 is 0. The Morgan fingerprint density at radius 1 is 1.75 bits per heavy atom. The summed E-state index contributed by atoms with van der Waals surface area (Å²) in [5.41, 5.74) is 0. The zero-order valence-electron chi connectivity index (χ0n) is 5.09. The lowest BCUT2D eigenvalue weighted by molar-refractivity contribution is 0.617. The molecular formula is C5H10OS2. The Hall–Kier alpha value is 0.400. The van der Waals surface area contributed by atoms with E-state index in [1.54, 1.807) is 11.5 Å². The van der Waals surface area contributed by atoms with E-state index in [4.69, 9.17) is 0 Å². The molecule has 1 unspecified atom stereocenters. The smallest absolute Gasteiger partial charge is 0.126 e. The molecule has 0 aliphatic heterocycles. The molecule has 0 fully saturated rings. The van der Waals surface area contributed by atoms with E-state index in [0.29, 0.717) is 0 Å². The number of rotatable bonds is 3. The molecule has 0 rings (SSSR count). The van der Waals surface area contributed by atoms with Gasteiger partial charge in [0.2, 0.25) is 0 Å². The first kappa shape index (κ1) is 8.40. The van der Waals surface area contributed by atoms with Crippen LogP contribution in [0.25, 0.3) is 0 Å². The standard InChI is InChI=1S/C5H10OS2/c1-3-5-8(6)7-4-2/h3,5H,4H2,1-2H3/b5-3+. The van der Waals surface area contributed by atoms with E-state index in [-0.39, 0.29) is 0 Å². The molecule has 0 aliphatic carbocycles. The average molecular weight is 150 g/mol. The summed E-state index contributed by atoms with van der Waals surface area (Å²) in [6.07, 6.45) is 1.80. The highest BCUT2D eigenvalue weighted by Gasteiger charge is 1.97. The minimum absolute atomic E-state index is 0.784. The van der Waals surface area contributed by atoms with Crippen LogP contribution in [-0.4, -0.2) is 10.3 Å². The zero-order chi connectivity index (χ0) is 6.41. The van der Waals surface area contributed by atoms with E-state index < -0.39 is 10.2 Å². The molecule has 1 atom stereocenters. The summed E-state index contributed by atoms with van der Waals surface area (Å²) in [4.78, 5) is 0. The van der Waals surface area contributed by atoms with Gasteiger partial charge in [-0.1, -0.05) is 6.92 Å². The third-order valence-corrected chi connectivity index (χ3v) is 3.18. The highest BCUT2D eigenvalue weighted by atomic mass is 33.1. The van der Waals surface area contributed by atoms with Crippen molar-refractivity contribution in [2.45, 2.75) is 13.8 Å². The fourth-order valence-corrected chi connectivity index (χ4v) is 2.07. The molecular weight excluding hydrogens is 140 g/mol. The van der Waals surface area contributed by atoms with Gasteiger partial charge in [0.1, 0.15) is 5.41 Å². The summed E-state index contributed by atoms with van der Waals surface area (Å²) < 4.78 is 10.6. The van der Waals surface area contributed by atoms with Crippen LogP contribution < -0.4 is 0 Å². The highest BCUT2D eigenvalue weighted by molar-refractivity contribution is 8.73. The first-order chi connectivity index (χ1) is 3.81.